The molecule has 1 fully saturated rings. The van der Waals surface area contributed by atoms with Gasteiger partial charge in [-0.05, 0) is 6.42 Å². The highest BCUT2D eigenvalue weighted by Crippen LogP contribution is 2.39. The Labute approximate surface area is 116 Å². The lowest BCUT2D eigenvalue weighted by atomic mass is 9.97. The van der Waals surface area contributed by atoms with Gasteiger partial charge in [0.2, 0.25) is 0 Å². The maximum absolute atomic E-state index is 11.9. The number of hydrogen-bond acceptors (Lipinski definition) is 5. The first-order chi connectivity index (χ1) is 9.49. The molecule has 1 heterocycles. The SMILES string of the molecule is COC[C@H]1C[C@@H](c2cn(C)c(=O)[nH]c2=O)[C@@H](O)C1OC. The standard InChI is InChI=1S/C13H20N2O5/c1-15-5-9(12(17)14-13(15)18)8-4-7(6-19-2)11(20-3)10(8)16/h5,7-8,10-11,16H,4,6H2,1-3H3,(H,14,17,18)/t7-,8+,10-,11?/m1/s1. The van der Waals surface area contributed by atoms with Gasteiger partial charge in [0.25, 0.3) is 5.56 Å². The zero-order valence-electron chi connectivity index (χ0n) is 11.8. The molecule has 0 bridgehead atoms. The second-order valence-corrected chi connectivity index (χ2v) is 5.20. The van der Waals surface area contributed by atoms with Gasteiger partial charge in [0.15, 0.2) is 0 Å². The van der Waals surface area contributed by atoms with Crippen molar-refractivity contribution in [1.82, 2.24) is 9.55 Å². The quantitative estimate of drug-likeness (QED) is 0.755. The number of nitrogens with one attached hydrogen (secondary N) is 1. The summed E-state index contributed by atoms with van der Waals surface area (Å²) in [5.74, 6) is -0.350. The van der Waals surface area contributed by atoms with Crippen LogP contribution in [0.3, 0.4) is 0 Å². The number of aliphatic hydroxyl groups is 1. The van der Waals surface area contributed by atoms with Crippen molar-refractivity contribution in [2.75, 3.05) is 20.8 Å². The highest BCUT2D eigenvalue weighted by Gasteiger charge is 2.44. The zero-order valence-corrected chi connectivity index (χ0v) is 11.8. The average molecular weight is 284 g/mol. The van der Waals surface area contributed by atoms with E-state index < -0.39 is 17.4 Å². The van der Waals surface area contributed by atoms with Crippen LogP contribution in [-0.2, 0) is 16.5 Å². The van der Waals surface area contributed by atoms with Gasteiger partial charge in [-0.3, -0.25) is 9.78 Å². The summed E-state index contributed by atoms with van der Waals surface area (Å²) in [4.78, 5) is 25.6. The largest absolute Gasteiger partial charge is 0.390 e. The first kappa shape index (κ1) is 15.0. The Bertz CT molecular complexity index is 579. The van der Waals surface area contributed by atoms with Crippen LogP contribution in [0.2, 0.25) is 0 Å². The number of aryl methyl sites for hydroxylation is 1. The lowest BCUT2D eigenvalue weighted by molar-refractivity contribution is -0.0322. The molecule has 2 rings (SSSR count). The fraction of sp³-hybridized carbons (Fsp3) is 0.692. The number of hydrogen-bond donors (Lipinski definition) is 2. The number of nitrogens with zero attached hydrogens (tertiary/aromatic N) is 1. The van der Waals surface area contributed by atoms with E-state index in [1.807, 2.05) is 0 Å². The molecular formula is C13H20N2O5. The van der Waals surface area contributed by atoms with Crippen LogP contribution >= 0.6 is 0 Å². The Kier molecular flexibility index (Phi) is 4.42. The summed E-state index contributed by atoms with van der Waals surface area (Å²) >= 11 is 0. The maximum Gasteiger partial charge on any atom is 0.328 e. The molecule has 0 spiro atoms. The Morgan fingerprint density at radius 2 is 2.15 bits per heavy atom. The molecule has 20 heavy (non-hydrogen) atoms. The zero-order chi connectivity index (χ0) is 14.9. The van der Waals surface area contributed by atoms with E-state index in [1.54, 1.807) is 14.2 Å². The van der Waals surface area contributed by atoms with Crippen LogP contribution in [0.4, 0.5) is 0 Å². The molecule has 0 saturated heterocycles. The molecule has 1 aromatic heterocycles. The fourth-order valence-electron chi connectivity index (χ4n) is 2.97. The number of methoxy groups -OCH3 is 2. The summed E-state index contributed by atoms with van der Waals surface area (Å²) in [6.45, 7) is 0.454. The monoisotopic (exact) mass is 284 g/mol. The van der Waals surface area contributed by atoms with Gasteiger partial charge >= 0.3 is 5.69 Å². The van der Waals surface area contributed by atoms with Crippen LogP contribution in [-0.4, -0.2) is 47.7 Å². The van der Waals surface area contributed by atoms with Crippen molar-refractivity contribution in [3.63, 3.8) is 0 Å². The maximum atomic E-state index is 11.9. The smallest absolute Gasteiger partial charge is 0.328 e. The third kappa shape index (κ3) is 2.56. The van der Waals surface area contributed by atoms with E-state index in [1.165, 1.54) is 17.9 Å². The van der Waals surface area contributed by atoms with Gasteiger partial charge in [-0.1, -0.05) is 0 Å². The molecular weight excluding hydrogens is 264 g/mol. The summed E-state index contributed by atoms with van der Waals surface area (Å²) in [6, 6.07) is 0. The molecule has 7 nitrogen and oxygen atoms in total. The Hall–Kier alpha value is -1.44. The Balaban J connectivity index is 2.36. The number of rotatable bonds is 4. The second kappa shape index (κ2) is 5.90. The van der Waals surface area contributed by atoms with Crippen molar-refractivity contribution in [2.24, 2.45) is 13.0 Å². The van der Waals surface area contributed by atoms with Crippen LogP contribution in [0.5, 0.6) is 0 Å². The lowest BCUT2D eigenvalue weighted by Gasteiger charge is -2.20. The molecule has 2 N–H and O–H groups in total. The third-order valence-electron chi connectivity index (χ3n) is 3.96. The van der Waals surface area contributed by atoms with E-state index >= 15 is 0 Å². The summed E-state index contributed by atoms with van der Waals surface area (Å²) in [5, 5.41) is 10.4. The van der Waals surface area contributed by atoms with Gasteiger partial charge in [-0.2, -0.15) is 0 Å². The number of aliphatic hydroxyl groups excluding tert-OH is 1. The van der Waals surface area contributed by atoms with Crippen molar-refractivity contribution in [3.8, 4) is 0 Å². The molecule has 0 radical (unpaired) electrons. The van der Waals surface area contributed by atoms with E-state index in [0.717, 1.165) is 0 Å². The molecule has 1 aromatic rings. The van der Waals surface area contributed by atoms with Crippen molar-refractivity contribution in [2.45, 2.75) is 24.5 Å². The van der Waals surface area contributed by atoms with E-state index in [4.69, 9.17) is 9.47 Å². The third-order valence-corrected chi connectivity index (χ3v) is 3.96. The van der Waals surface area contributed by atoms with Gasteiger partial charge in [-0.25, -0.2) is 4.79 Å². The minimum Gasteiger partial charge on any atom is -0.390 e. The average Bonchev–Trinajstić information content (AvgIpc) is 2.71. The van der Waals surface area contributed by atoms with E-state index in [9.17, 15) is 14.7 Å². The second-order valence-electron chi connectivity index (χ2n) is 5.20. The van der Waals surface area contributed by atoms with Gasteiger partial charge in [0, 0.05) is 44.9 Å². The van der Waals surface area contributed by atoms with Crippen LogP contribution < -0.4 is 11.2 Å². The van der Waals surface area contributed by atoms with Gasteiger partial charge in [0.1, 0.15) is 0 Å². The summed E-state index contributed by atoms with van der Waals surface area (Å²) in [6.07, 6.45) is 0.890. The van der Waals surface area contributed by atoms with Crippen LogP contribution in [0, 0.1) is 5.92 Å². The summed E-state index contributed by atoms with van der Waals surface area (Å²) < 4.78 is 11.8. The number of aromatic amines is 1. The van der Waals surface area contributed by atoms with E-state index in [2.05, 4.69) is 4.98 Å². The minimum absolute atomic E-state index is 0.0154. The van der Waals surface area contributed by atoms with Crippen LogP contribution in [0.15, 0.2) is 15.8 Å². The Morgan fingerprint density at radius 3 is 2.75 bits per heavy atom. The minimum atomic E-state index is -0.793. The molecule has 7 heteroatoms. The lowest BCUT2D eigenvalue weighted by Crippen LogP contribution is -2.35. The van der Waals surface area contributed by atoms with Crippen molar-refractivity contribution in [1.29, 1.82) is 0 Å². The molecule has 0 aliphatic heterocycles. The molecule has 112 valence electrons. The highest BCUT2D eigenvalue weighted by atomic mass is 16.5. The summed E-state index contributed by atoms with van der Waals surface area (Å²) in [5.41, 5.74) is -0.520. The topological polar surface area (TPSA) is 93.6 Å². The van der Waals surface area contributed by atoms with Crippen LogP contribution in [0.1, 0.15) is 17.9 Å². The first-order valence-electron chi connectivity index (χ1n) is 6.49. The number of H-pyrrole nitrogens is 1. The van der Waals surface area contributed by atoms with E-state index in [0.29, 0.717) is 18.6 Å². The molecule has 1 aliphatic rings. The summed E-state index contributed by atoms with van der Waals surface area (Å²) in [7, 11) is 4.68. The molecule has 1 saturated carbocycles. The van der Waals surface area contributed by atoms with Crippen molar-refractivity contribution in [3.05, 3.63) is 32.6 Å². The normalized spacial score (nSPS) is 29.8. The van der Waals surface area contributed by atoms with Gasteiger partial charge < -0.3 is 19.1 Å². The first-order valence-corrected chi connectivity index (χ1v) is 6.49. The Morgan fingerprint density at radius 1 is 1.45 bits per heavy atom. The molecule has 1 unspecified atom stereocenters. The predicted molar refractivity (Wildman–Crippen MR) is 71.8 cm³/mol. The van der Waals surface area contributed by atoms with Crippen LogP contribution in [0.25, 0.3) is 0 Å². The molecule has 0 aromatic carbocycles. The highest BCUT2D eigenvalue weighted by molar-refractivity contribution is 5.18. The molecule has 0 amide bonds. The van der Waals surface area contributed by atoms with E-state index in [-0.39, 0.29) is 17.9 Å². The van der Waals surface area contributed by atoms with Crippen molar-refractivity contribution < 1.29 is 14.6 Å². The van der Waals surface area contributed by atoms with Gasteiger partial charge in [-0.15, -0.1) is 0 Å². The van der Waals surface area contributed by atoms with Crippen molar-refractivity contribution >= 4 is 0 Å². The fourth-order valence-corrected chi connectivity index (χ4v) is 2.97. The van der Waals surface area contributed by atoms with Gasteiger partial charge in [0.05, 0.1) is 18.8 Å². The predicted octanol–water partition coefficient (Wildman–Crippen LogP) is -0.801. The number of aromatic nitrogens is 2. The number of ether oxygens (including phenoxy) is 2. The molecule has 1 aliphatic carbocycles. The molecule has 4 atom stereocenters.